The molecule has 0 bridgehead atoms. The Morgan fingerprint density at radius 3 is 3.18 bits per heavy atom. The molecule has 0 atom stereocenters. The van der Waals surface area contributed by atoms with Gasteiger partial charge in [0.15, 0.2) is 4.67 Å². The molecule has 0 saturated carbocycles. The Morgan fingerprint density at radius 2 is 2.36 bits per heavy atom. The van der Waals surface area contributed by atoms with Gasteiger partial charge in [0, 0.05) is 12.3 Å². The van der Waals surface area contributed by atoms with E-state index >= 15 is 0 Å². The smallest absolute Gasteiger partial charge is 0.230 e. The first kappa shape index (κ1) is 6.79. The summed E-state index contributed by atoms with van der Waals surface area (Å²) in [7, 11) is 0. The van der Waals surface area contributed by atoms with E-state index in [-0.39, 0.29) is 0 Å². The maximum absolute atomic E-state index is 5.21. The Labute approximate surface area is 71.6 Å². The van der Waals surface area contributed by atoms with Crippen LogP contribution in [-0.2, 0) is 0 Å². The lowest BCUT2D eigenvalue weighted by atomic mass is 10.4. The molecule has 0 N–H and O–H groups in total. The number of fused-ring (bicyclic) bond motifs is 1. The van der Waals surface area contributed by atoms with Gasteiger partial charge in [-0.3, -0.25) is 0 Å². The van der Waals surface area contributed by atoms with Gasteiger partial charge in [-0.1, -0.05) is 0 Å². The lowest BCUT2D eigenvalue weighted by Crippen LogP contribution is -1.83. The molecule has 0 radical (unpaired) electrons. The molecule has 2 rings (SSSR count). The van der Waals surface area contributed by atoms with Crippen molar-refractivity contribution in [3.05, 3.63) is 22.8 Å². The van der Waals surface area contributed by atoms with E-state index in [0.717, 1.165) is 11.2 Å². The van der Waals surface area contributed by atoms with Crippen LogP contribution in [0.2, 0.25) is 0 Å². The van der Waals surface area contributed by atoms with Gasteiger partial charge in [0.1, 0.15) is 5.82 Å². The second-order valence-corrected chi connectivity index (χ2v) is 3.01. The van der Waals surface area contributed by atoms with E-state index in [2.05, 4.69) is 25.9 Å². The zero-order chi connectivity index (χ0) is 7.84. The van der Waals surface area contributed by atoms with E-state index in [1.165, 1.54) is 0 Å². The first-order valence-corrected chi connectivity index (χ1v) is 3.94. The highest BCUT2D eigenvalue weighted by atomic mass is 79.9. The predicted octanol–water partition coefficient (Wildman–Crippen LogP) is 2.29. The predicted molar refractivity (Wildman–Crippen MR) is 44.2 cm³/mol. The Morgan fingerprint density at radius 1 is 1.55 bits per heavy atom. The van der Waals surface area contributed by atoms with Crippen LogP contribution < -0.4 is 0 Å². The fraction of sp³-hybridized carbons (Fsp3) is 0.143. The van der Waals surface area contributed by atoms with E-state index in [1.807, 2.05) is 13.0 Å². The Hall–Kier alpha value is -0.900. The summed E-state index contributed by atoms with van der Waals surface area (Å²) in [4.78, 5) is 8.12. The summed E-state index contributed by atoms with van der Waals surface area (Å²) in [5, 5.41) is 0.919. The maximum atomic E-state index is 5.21. The topological polar surface area (TPSA) is 38.9 Å². The third-order valence-electron chi connectivity index (χ3n) is 1.36. The zero-order valence-corrected chi connectivity index (χ0v) is 7.42. The first-order chi connectivity index (χ1) is 5.25. The molecule has 0 spiro atoms. The van der Waals surface area contributed by atoms with Crippen molar-refractivity contribution in [2.75, 3.05) is 0 Å². The van der Waals surface area contributed by atoms with Crippen LogP contribution in [-0.4, -0.2) is 9.97 Å². The third-order valence-corrected chi connectivity index (χ3v) is 1.75. The van der Waals surface area contributed by atoms with Gasteiger partial charge < -0.3 is 4.42 Å². The Kier molecular flexibility index (Phi) is 1.42. The van der Waals surface area contributed by atoms with Crippen molar-refractivity contribution in [1.29, 1.82) is 0 Å². The first-order valence-electron chi connectivity index (χ1n) is 3.14. The van der Waals surface area contributed by atoms with Crippen LogP contribution in [0, 0.1) is 6.92 Å². The summed E-state index contributed by atoms with van der Waals surface area (Å²) >= 11 is 3.21. The molecule has 0 unspecified atom stereocenters. The van der Waals surface area contributed by atoms with Gasteiger partial charge in [-0.15, -0.1) is 0 Å². The van der Waals surface area contributed by atoms with Crippen LogP contribution in [0.4, 0.5) is 0 Å². The molecule has 56 valence electrons. The van der Waals surface area contributed by atoms with Crippen LogP contribution >= 0.6 is 15.9 Å². The quantitative estimate of drug-likeness (QED) is 0.673. The van der Waals surface area contributed by atoms with E-state index in [1.54, 1.807) is 6.20 Å². The number of rotatable bonds is 0. The van der Waals surface area contributed by atoms with E-state index in [4.69, 9.17) is 4.42 Å². The third kappa shape index (κ3) is 1.14. The summed E-state index contributed by atoms with van der Waals surface area (Å²) in [6.45, 7) is 1.83. The standard InChI is InChI=1S/C7H5BrN2O/c1-4-9-3-5-2-6(8)11-7(5)10-4/h2-3H,1H3. The number of hydrogen-bond donors (Lipinski definition) is 0. The fourth-order valence-corrected chi connectivity index (χ4v) is 1.28. The van der Waals surface area contributed by atoms with Crippen molar-refractivity contribution in [3.63, 3.8) is 0 Å². The van der Waals surface area contributed by atoms with Crippen molar-refractivity contribution < 1.29 is 4.42 Å². The Bertz CT molecular complexity index is 396. The van der Waals surface area contributed by atoms with Crippen LogP contribution in [0.15, 0.2) is 21.3 Å². The van der Waals surface area contributed by atoms with Gasteiger partial charge in [-0.25, -0.2) is 4.98 Å². The highest BCUT2D eigenvalue weighted by Crippen LogP contribution is 2.20. The minimum atomic E-state index is 0.629. The van der Waals surface area contributed by atoms with Crippen molar-refractivity contribution in [1.82, 2.24) is 9.97 Å². The molecule has 0 aliphatic heterocycles. The second kappa shape index (κ2) is 2.30. The minimum absolute atomic E-state index is 0.629. The lowest BCUT2D eigenvalue weighted by Gasteiger charge is -1.87. The molecule has 0 aliphatic rings. The van der Waals surface area contributed by atoms with Crippen LogP contribution in [0.25, 0.3) is 11.1 Å². The Balaban J connectivity index is 2.82. The van der Waals surface area contributed by atoms with Gasteiger partial charge in [-0.2, -0.15) is 4.98 Å². The molecule has 4 heteroatoms. The molecule has 0 aromatic carbocycles. The monoisotopic (exact) mass is 212 g/mol. The molecule has 11 heavy (non-hydrogen) atoms. The zero-order valence-electron chi connectivity index (χ0n) is 5.84. The number of furan rings is 1. The van der Waals surface area contributed by atoms with Gasteiger partial charge in [-0.05, 0) is 22.9 Å². The summed E-state index contributed by atoms with van der Waals surface area (Å²) in [6.07, 6.45) is 1.74. The molecule has 0 amide bonds. The van der Waals surface area contributed by atoms with Gasteiger partial charge >= 0.3 is 0 Å². The van der Waals surface area contributed by atoms with Crippen molar-refractivity contribution >= 4 is 27.0 Å². The van der Waals surface area contributed by atoms with Crippen molar-refractivity contribution in [3.8, 4) is 0 Å². The van der Waals surface area contributed by atoms with Gasteiger partial charge in [0.25, 0.3) is 0 Å². The molecule has 0 aliphatic carbocycles. The van der Waals surface area contributed by atoms with Crippen molar-refractivity contribution in [2.24, 2.45) is 0 Å². The molecule has 2 aromatic heterocycles. The average Bonchev–Trinajstić information content (AvgIpc) is 2.27. The molecule has 0 fully saturated rings. The summed E-state index contributed by atoms with van der Waals surface area (Å²) in [5.41, 5.74) is 0.629. The summed E-state index contributed by atoms with van der Waals surface area (Å²) in [5.74, 6) is 0.722. The average molecular weight is 213 g/mol. The van der Waals surface area contributed by atoms with Crippen molar-refractivity contribution in [2.45, 2.75) is 6.92 Å². The molecule has 2 heterocycles. The normalized spacial score (nSPS) is 10.7. The SMILES string of the molecule is Cc1ncc2cc(Br)oc2n1. The van der Waals surface area contributed by atoms with Crippen LogP contribution in [0.5, 0.6) is 0 Å². The van der Waals surface area contributed by atoms with Crippen LogP contribution in [0.1, 0.15) is 5.82 Å². The maximum Gasteiger partial charge on any atom is 0.230 e. The highest BCUT2D eigenvalue weighted by molar-refractivity contribution is 9.10. The molecular weight excluding hydrogens is 208 g/mol. The van der Waals surface area contributed by atoms with E-state index in [9.17, 15) is 0 Å². The summed E-state index contributed by atoms with van der Waals surface area (Å²) < 4.78 is 5.90. The lowest BCUT2D eigenvalue weighted by molar-refractivity contribution is 0.574. The number of hydrogen-bond acceptors (Lipinski definition) is 3. The minimum Gasteiger partial charge on any atom is -0.431 e. The van der Waals surface area contributed by atoms with Gasteiger partial charge in [0.2, 0.25) is 5.71 Å². The van der Waals surface area contributed by atoms with E-state index in [0.29, 0.717) is 10.4 Å². The highest BCUT2D eigenvalue weighted by Gasteiger charge is 2.01. The molecule has 3 nitrogen and oxygen atoms in total. The fourth-order valence-electron chi connectivity index (χ4n) is 0.883. The largest absolute Gasteiger partial charge is 0.431 e. The molecule has 0 saturated heterocycles. The number of aromatic nitrogens is 2. The number of aryl methyl sites for hydroxylation is 1. The molecular formula is C7H5BrN2O. The van der Waals surface area contributed by atoms with Gasteiger partial charge in [0.05, 0.1) is 5.39 Å². The molecule has 2 aromatic rings. The second-order valence-electron chi connectivity index (χ2n) is 2.23. The number of halogens is 1. The van der Waals surface area contributed by atoms with Crippen LogP contribution in [0.3, 0.4) is 0 Å². The number of nitrogens with zero attached hydrogens (tertiary/aromatic N) is 2. The van der Waals surface area contributed by atoms with E-state index < -0.39 is 0 Å². The summed E-state index contributed by atoms with van der Waals surface area (Å²) in [6, 6.07) is 1.84.